The fourth-order valence-electron chi connectivity index (χ4n) is 2.27. The van der Waals surface area contributed by atoms with Gasteiger partial charge in [0.2, 0.25) is 5.91 Å². The molecule has 2 N–H and O–H groups in total. The van der Waals surface area contributed by atoms with E-state index in [0.29, 0.717) is 19.0 Å². The Morgan fingerprint density at radius 1 is 1.42 bits per heavy atom. The molecule has 2 rings (SSSR count). The van der Waals surface area contributed by atoms with E-state index in [9.17, 15) is 9.18 Å². The highest BCUT2D eigenvalue weighted by Gasteiger charge is 2.22. The molecule has 0 saturated carbocycles. The number of likely N-dealkylation sites (tertiary alicyclic amines) is 1. The molecule has 1 aromatic rings. The van der Waals surface area contributed by atoms with Crippen LogP contribution >= 0.6 is 0 Å². The van der Waals surface area contributed by atoms with Crippen molar-refractivity contribution in [3.05, 3.63) is 35.6 Å². The van der Waals surface area contributed by atoms with E-state index in [4.69, 9.17) is 5.11 Å². The van der Waals surface area contributed by atoms with Crippen molar-refractivity contribution >= 4 is 5.91 Å². The van der Waals surface area contributed by atoms with Gasteiger partial charge in [-0.15, -0.1) is 0 Å². The van der Waals surface area contributed by atoms with E-state index in [2.05, 4.69) is 5.32 Å². The zero-order valence-corrected chi connectivity index (χ0v) is 10.8. The SMILES string of the molecule is O=C(CN1CCC(CO)C1)NCc1ccc(F)cc1. The molecule has 1 unspecified atom stereocenters. The summed E-state index contributed by atoms with van der Waals surface area (Å²) in [7, 11) is 0. The Morgan fingerprint density at radius 3 is 2.79 bits per heavy atom. The van der Waals surface area contributed by atoms with Crippen LogP contribution in [0.1, 0.15) is 12.0 Å². The molecule has 1 heterocycles. The fraction of sp³-hybridized carbons (Fsp3) is 0.500. The standard InChI is InChI=1S/C14H19FN2O2/c15-13-3-1-11(2-4-13)7-16-14(19)9-17-6-5-12(8-17)10-18/h1-4,12,18H,5-10H2,(H,16,19). The first-order chi connectivity index (χ1) is 9.17. The maximum atomic E-state index is 12.7. The first kappa shape index (κ1) is 14.0. The molecule has 1 saturated heterocycles. The van der Waals surface area contributed by atoms with Crippen LogP contribution in [-0.4, -0.2) is 42.2 Å². The number of aliphatic hydroxyl groups excluding tert-OH is 1. The van der Waals surface area contributed by atoms with E-state index in [-0.39, 0.29) is 18.3 Å². The Bertz CT molecular complexity index is 422. The summed E-state index contributed by atoms with van der Waals surface area (Å²) in [5.41, 5.74) is 0.879. The molecule has 1 aromatic carbocycles. The molecule has 0 radical (unpaired) electrons. The van der Waals surface area contributed by atoms with E-state index in [0.717, 1.165) is 25.1 Å². The molecule has 1 aliphatic rings. The van der Waals surface area contributed by atoms with Crippen molar-refractivity contribution in [2.75, 3.05) is 26.2 Å². The summed E-state index contributed by atoms with van der Waals surface area (Å²) in [4.78, 5) is 13.8. The lowest BCUT2D eigenvalue weighted by Crippen LogP contribution is -2.35. The average molecular weight is 266 g/mol. The molecule has 1 fully saturated rings. The number of nitrogens with zero attached hydrogens (tertiary/aromatic N) is 1. The quantitative estimate of drug-likeness (QED) is 0.827. The summed E-state index contributed by atoms with van der Waals surface area (Å²) in [6.45, 7) is 2.59. The lowest BCUT2D eigenvalue weighted by Gasteiger charge is -2.15. The topological polar surface area (TPSA) is 52.6 Å². The van der Waals surface area contributed by atoms with Gasteiger partial charge in [-0.2, -0.15) is 0 Å². The lowest BCUT2D eigenvalue weighted by atomic mass is 10.1. The summed E-state index contributed by atoms with van der Waals surface area (Å²) in [6, 6.07) is 6.09. The van der Waals surface area contributed by atoms with Gasteiger partial charge < -0.3 is 10.4 Å². The van der Waals surface area contributed by atoms with Crippen LogP contribution in [0.15, 0.2) is 24.3 Å². The molecule has 5 heteroatoms. The van der Waals surface area contributed by atoms with Crippen LogP contribution in [0.5, 0.6) is 0 Å². The molecular weight excluding hydrogens is 247 g/mol. The smallest absolute Gasteiger partial charge is 0.234 e. The largest absolute Gasteiger partial charge is 0.396 e. The molecule has 0 spiro atoms. The number of carbonyl (C=O) groups is 1. The molecule has 104 valence electrons. The summed E-state index contributed by atoms with van der Waals surface area (Å²) in [5.74, 6) is -0.0185. The lowest BCUT2D eigenvalue weighted by molar-refractivity contribution is -0.122. The van der Waals surface area contributed by atoms with Gasteiger partial charge in [0, 0.05) is 19.7 Å². The van der Waals surface area contributed by atoms with Gasteiger partial charge >= 0.3 is 0 Å². The van der Waals surface area contributed by atoms with E-state index in [1.807, 2.05) is 4.90 Å². The van der Waals surface area contributed by atoms with Crippen molar-refractivity contribution in [1.82, 2.24) is 10.2 Å². The predicted molar refractivity (Wildman–Crippen MR) is 69.9 cm³/mol. The maximum absolute atomic E-state index is 12.7. The molecule has 1 amide bonds. The molecule has 0 aromatic heterocycles. The highest BCUT2D eigenvalue weighted by atomic mass is 19.1. The number of aliphatic hydroxyl groups is 1. The Morgan fingerprint density at radius 2 is 2.16 bits per heavy atom. The third kappa shape index (κ3) is 4.29. The molecule has 1 aliphatic heterocycles. The average Bonchev–Trinajstić information content (AvgIpc) is 2.86. The number of amides is 1. The second-order valence-electron chi connectivity index (χ2n) is 4.98. The van der Waals surface area contributed by atoms with Gasteiger partial charge in [0.25, 0.3) is 0 Å². The van der Waals surface area contributed by atoms with Crippen LogP contribution in [0.2, 0.25) is 0 Å². The molecule has 0 aliphatic carbocycles. The third-order valence-electron chi connectivity index (χ3n) is 3.40. The van der Waals surface area contributed by atoms with E-state index in [1.165, 1.54) is 12.1 Å². The Labute approximate surface area is 112 Å². The van der Waals surface area contributed by atoms with E-state index in [1.54, 1.807) is 12.1 Å². The zero-order chi connectivity index (χ0) is 13.7. The van der Waals surface area contributed by atoms with Crippen LogP contribution in [-0.2, 0) is 11.3 Å². The van der Waals surface area contributed by atoms with Gasteiger partial charge in [-0.1, -0.05) is 12.1 Å². The third-order valence-corrected chi connectivity index (χ3v) is 3.40. The minimum absolute atomic E-state index is 0.0390. The number of hydrogen-bond acceptors (Lipinski definition) is 3. The molecule has 19 heavy (non-hydrogen) atoms. The molecular formula is C14H19FN2O2. The van der Waals surface area contributed by atoms with Gasteiger partial charge in [-0.3, -0.25) is 9.69 Å². The van der Waals surface area contributed by atoms with Crippen molar-refractivity contribution in [3.8, 4) is 0 Å². The first-order valence-corrected chi connectivity index (χ1v) is 6.51. The van der Waals surface area contributed by atoms with Crippen LogP contribution in [0.25, 0.3) is 0 Å². The number of carbonyl (C=O) groups excluding carboxylic acids is 1. The van der Waals surface area contributed by atoms with Crippen LogP contribution < -0.4 is 5.32 Å². The van der Waals surface area contributed by atoms with Gasteiger partial charge in [0.15, 0.2) is 0 Å². The van der Waals surface area contributed by atoms with Gasteiger partial charge in [0.1, 0.15) is 5.82 Å². The molecule has 1 atom stereocenters. The van der Waals surface area contributed by atoms with E-state index < -0.39 is 0 Å². The van der Waals surface area contributed by atoms with Crippen molar-refractivity contribution < 1.29 is 14.3 Å². The second-order valence-corrected chi connectivity index (χ2v) is 4.98. The van der Waals surface area contributed by atoms with Crippen molar-refractivity contribution in [1.29, 1.82) is 0 Å². The minimum atomic E-state index is -0.276. The fourth-order valence-corrected chi connectivity index (χ4v) is 2.27. The predicted octanol–water partition coefficient (Wildman–Crippen LogP) is 0.756. The van der Waals surface area contributed by atoms with E-state index >= 15 is 0 Å². The van der Waals surface area contributed by atoms with Crippen LogP contribution in [0.4, 0.5) is 4.39 Å². The second kappa shape index (κ2) is 6.63. The number of rotatable bonds is 5. The van der Waals surface area contributed by atoms with Crippen LogP contribution in [0, 0.1) is 11.7 Å². The summed E-state index contributed by atoms with van der Waals surface area (Å²) < 4.78 is 12.7. The normalized spacial score (nSPS) is 19.6. The Kier molecular flexibility index (Phi) is 4.87. The minimum Gasteiger partial charge on any atom is -0.396 e. The highest BCUT2D eigenvalue weighted by molar-refractivity contribution is 5.78. The number of hydrogen-bond donors (Lipinski definition) is 2. The van der Waals surface area contributed by atoms with Gasteiger partial charge in [-0.25, -0.2) is 4.39 Å². The first-order valence-electron chi connectivity index (χ1n) is 6.51. The van der Waals surface area contributed by atoms with Crippen molar-refractivity contribution in [2.45, 2.75) is 13.0 Å². The zero-order valence-electron chi connectivity index (χ0n) is 10.8. The molecule has 0 bridgehead atoms. The summed E-state index contributed by atoms with van der Waals surface area (Å²) >= 11 is 0. The van der Waals surface area contributed by atoms with Crippen LogP contribution in [0.3, 0.4) is 0 Å². The highest BCUT2D eigenvalue weighted by Crippen LogP contribution is 2.14. The number of benzene rings is 1. The maximum Gasteiger partial charge on any atom is 0.234 e. The number of nitrogens with one attached hydrogen (secondary N) is 1. The van der Waals surface area contributed by atoms with Crippen molar-refractivity contribution in [3.63, 3.8) is 0 Å². The van der Waals surface area contributed by atoms with Gasteiger partial charge in [-0.05, 0) is 36.6 Å². The Hall–Kier alpha value is -1.46. The summed E-state index contributed by atoms with van der Waals surface area (Å²) in [6.07, 6.45) is 0.946. The monoisotopic (exact) mass is 266 g/mol. The number of halogens is 1. The van der Waals surface area contributed by atoms with Gasteiger partial charge in [0.05, 0.1) is 6.54 Å². The van der Waals surface area contributed by atoms with Crippen molar-refractivity contribution in [2.24, 2.45) is 5.92 Å². The Balaban J connectivity index is 1.71. The molecule has 4 nitrogen and oxygen atoms in total. The summed E-state index contributed by atoms with van der Waals surface area (Å²) in [5, 5.41) is 11.8.